The Morgan fingerprint density at radius 1 is 0.960 bits per heavy atom. The Balaban J connectivity index is 1.51. The van der Waals surface area contributed by atoms with Crippen molar-refractivity contribution in [3.63, 3.8) is 0 Å². The predicted octanol–water partition coefficient (Wildman–Crippen LogP) is 4.52. The molecule has 0 unspecified atom stereocenters. The minimum Gasteiger partial charge on any atom is -0.374 e. The van der Waals surface area contributed by atoms with E-state index in [4.69, 9.17) is 14.2 Å². The van der Waals surface area contributed by atoms with Gasteiger partial charge in [0.05, 0.1) is 32.0 Å². The molecule has 2 aromatic rings. The van der Waals surface area contributed by atoms with Crippen molar-refractivity contribution >= 4 is 0 Å². The molecule has 0 N–H and O–H groups in total. The topological polar surface area (TPSA) is 27.7 Å². The van der Waals surface area contributed by atoms with Crippen molar-refractivity contribution in [1.82, 2.24) is 0 Å². The van der Waals surface area contributed by atoms with Gasteiger partial charge in [-0.3, -0.25) is 0 Å². The van der Waals surface area contributed by atoms with Gasteiger partial charge in [0.25, 0.3) is 0 Å². The largest absolute Gasteiger partial charge is 0.374 e. The summed E-state index contributed by atoms with van der Waals surface area (Å²) in [5, 5.41) is 0. The van der Waals surface area contributed by atoms with Gasteiger partial charge in [0.2, 0.25) is 0 Å². The lowest BCUT2D eigenvalue weighted by molar-refractivity contribution is -0.0705. The zero-order valence-electron chi connectivity index (χ0n) is 14.6. The van der Waals surface area contributed by atoms with Crippen molar-refractivity contribution in [1.29, 1.82) is 0 Å². The number of hydrogen-bond donors (Lipinski definition) is 0. The van der Waals surface area contributed by atoms with E-state index in [1.165, 1.54) is 11.1 Å². The summed E-state index contributed by atoms with van der Waals surface area (Å²) >= 11 is 0. The molecular weight excluding hydrogens is 312 g/mol. The second kappa shape index (κ2) is 9.52. The average Bonchev–Trinajstić information content (AvgIpc) is 3.04. The Bertz CT molecular complexity index is 626. The predicted molar refractivity (Wildman–Crippen MR) is 99.2 cm³/mol. The molecule has 3 atom stereocenters. The van der Waals surface area contributed by atoms with E-state index in [1.54, 1.807) is 0 Å². The fraction of sp³-hybridized carbons (Fsp3) is 0.364. The van der Waals surface area contributed by atoms with Crippen LogP contribution < -0.4 is 0 Å². The van der Waals surface area contributed by atoms with Crippen molar-refractivity contribution in [2.45, 2.75) is 44.4 Å². The minimum absolute atomic E-state index is 0.0302. The molecule has 132 valence electrons. The maximum atomic E-state index is 6.14. The second-order valence-electron chi connectivity index (χ2n) is 6.39. The van der Waals surface area contributed by atoms with Crippen molar-refractivity contribution in [3.05, 3.63) is 84.4 Å². The molecule has 0 bridgehead atoms. The summed E-state index contributed by atoms with van der Waals surface area (Å²) in [7, 11) is 0. The van der Waals surface area contributed by atoms with Gasteiger partial charge in [0, 0.05) is 6.42 Å². The first-order valence-electron chi connectivity index (χ1n) is 8.88. The van der Waals surface area contributed by atoms with E-state index in [2.05, 4.69) is 30.8 Å². The van der Waals surface area contributed by atoms with Crippen LogP contribution in [0.4, 0.5) is 0 Å². The summed E-state index contributed by atoms with van der Waals surface area (Å²) in [5.41, 5.74) is 2.35. The van der Waals surface area contributed by atoms with Gasteiger partial charge >= 0.3 is 0 Å². The fourth-order valence-electron chi connectivity index (χ4n) is 3.11. The third-order valence-corrected chi connectivity index (χ3v) is 4.41. The molecule has 3 nitrogen and oxygen atoms in total. The SMILES string of the molecule is C=CC[C@H]1C[C@H](OCc2ccccc2)[C@H](COCc2ccccc2)O1. The van der Waals surface area contributed by atoms with Crippen molar-refractivity contribution in [3.8, 4) is 0 Å². The molecule has 1 saturated heterocycles. The molecular formula is C22H26O3. The first-order valence-corrected chi connectivity index (χ1v) is 8.88. The molecule has 0 aliphatic carbocycles. The van der Waals surface area contributed by atoms with E-state index < -0.39 is 0 Å². The van der Waals surface area contributed by atoms with Gasteiger partial charge in [-0.05, 0) is 17.5 Å². The van der Waals surface area contributed by atoms with Crippen LogP contribution in [0.1, 0.15) is 24.0 Å². The van der Waals surface area contributed by atoms with Gasteiger partial charge < -0.3 is 14.2 Å². The molecule has 0 amide bonds. The summed E-state index contributed by atoms with van der Waals surface area (Å²) in [5.74, 6) is 0. The highest BCUT2D eigenvalue weighted by Gasteiger charge is 2.35. The Labute approximate surface area is 150 Å². The Hall–Kier alpha value is -1.94. The lowest BCUT2D eigenvalue weighted by Crippen LogP contribution is -2.29. The fourth-order valence-corrected chi connectivity index (χ4v) is 3.11. The molecule has 1 aliphatic heterocycles. The zero-order chi connectivity index (χ0) is 17.3. The summed E-state index contributed by atoms with van der Waals surface area (Å²) in [6.45, 7) is 5.56. The van der Waals surface area contributed by atoms with Crippen LogP contribution in [-0.4, -0.2) is 24.9 Å². The lowest BCUT2D eigenvalue weighted by Gasteiger charge is -2.19. The maximum absolute atomic E-state index is 6.14. The van der Waals surface area contributed by atoms with E-state index in [1.807, 2.05) is 42.5 Å². The van der Waals surface area contributed by atoms with Crippen molar-refractivity contribution < 1.29 is 14.2 Å². The Morgan fingerprint density at radius 3 is 2.24 bits per heavy atom. The van der Waals surface area contributed by atoms with Crippen LogP contribution in [0.15, 0.2) is 73.3 Å². The van der Waals surface area contributed by atoms with Crippen LogP contribution in [-0.2, 0) is 27.4 Å². The first-order chi connectivity index (χ1) is 12.3. The van der Waals surface area contributed by atoms with Crippen LogP contribution in [0.25, 0.3) is 0 Å². The third-order valence-electron chi connectivity index (χ3n) is 4.41. The van der Waals surface area contributed by atoms with Gasteiger partial charge in [-0.25, -0.2) is 0 Å². The van der Waals surface area contributed by atoms with Crippen LogP contribution in [0.2, 0.25) is 0 Å². The van der Waals surface area contributed by atoms with Gasteiger partial charge in [0.15, 0.2) is 0 Å². The van der Waals surface area contributed by atoms with Crippen LogP contribution in [0.5, 0.6) is 0 Å². The van der Waals surface area contributed by atoms with Gasteiger partial charge in [-0.1, -0.05) is 66.7 Å². The highest BCUT2D eigenvalue weighted by molar-refractivity contribution is 5.14. The van der Waals surface area contributed by atoms with Crippen LogP contribution >= 0.6 is 0 Å². The zero-order valence-corrected chi connectivity index (χ0v) is 14.6. The monoisotopic (exact) mass is 338 g/mol. The quantitative estimate of drug-likeness (QED) is 0.629. The number of ether oxygens (including phenoxy) is 3. The Morgan fingerprint density at radius 2 is 1.60 bits per heavy atom. The van der Waals surface area contributed by atoms with E-state index in [9.17, 15) is 0 Å². The standard InChI is InChI=1S/C22H26O3/c1-2-9-20-14-21(24-16-19-12-7-4-8-13-19)22(25-20)17-23-15-18-10-5-3-6-11-18/h2-8,10-13,20-22H,1,9,14-17H2/t20-,21-,22-/m0/s1. The maximum Gasteiger partial charge on any atom is 0.107 e. The molecule has 1 fully saturated rings. The molecule has 3 heteroatoms. The molecule has 3 rings (SSSR count). The third kappa shape index (κ3) is 5.53. The minimum atomic E-state index is -0.0302. The molecule has 0 spiro atoms. The lowest BCUT2D eigenvalue weighted by atomic mass is 10.1. The highest BCUT2D eigenvalue weighted by Crippen LogP contribution is 2.27. The molecule has 0 saturated carbocycles. The van der Waals surface area contributed by atoms with Crippen molar-refractivity contribution in [2.24, 2.45) is 0 Å². The van der Waals surface area contributed by atoms with E-state index in [-0.39, 0.29) is 18.3 Å². The summed E-state index contributed by atoms with van der Waals surface area (Å²) < 4.78 is 18.1. The summed E-state index contributed by atoms with van der Waals surface area (Å²) in [4.78, 5) is 0. The van der Waals surface area contributed by atoms with E-state index >= 15 is 0 Å². The normalized spacial score (nSPS) is 22.8. The Kier molecular flexibility index (Phi) is 6.80. The van der Waals surface area contributed by atoms with Gasteiger partial charge in [0.1, 0.15) is 6.10 Å². The van der Waals surface area contributed by atoms with E-state index in [0.29, 0.717) is 19.8 Å². The molecule has 1 heterocycles. The van der Waals surface area contributed by atoms with Crippen LogP contribution in [0, 0.1) is 0 Å². The number of rotatable bonds is 9. The smallest absolute Gasteiger partial charge is 0.107 e. The molecule has 0 radical (unpaired) electrons. The van der Waals surface area contributed by atoms with Crippen LogP contribution in [0.3, 0.4) is 0 Å². The highest BCUT2D eigenvalue weighted by atomic mass is 16.6. The van der Waals surface area contributed by atoms with Crippen molar-refractivity contribution in [2.75, 3.05) is 6.61 Å². The summed E-state index contributed by atoms with van der Waals surface area (Å²) in [6, 6.07) is 20.4. The molecule has 2 aromatic carbocycles. The molecule has 1 aliphatic rings. The van der Waals surface area contributed by atoms with Gasteiger partial charge in [-0.15, -0.1) is 6.58 Å². The first kappa shape index (κ1) is 17.9. The summed E-state index contributed by atoms with van der Waals surface area (Å²) in [6.07, 6.45) is 3.84. The second-order valence-corrected chi connectivity index (χ2v) is 6.39. The molecule has 0 aromatic heterocycles. The number of hydrogen-bond acceptors (Lipinski definition) is 3. The van der Waals surface area contributed by atoms with E-state index in [0.717, 1.165) is 12.8 Å². The van der Waals surface area contributed by atoms with Gasteiger partial charge in [-0.2, -0.15) is 0 Å². The number of benzene rings is 2. The average molecular weight is 338 g/mol. The molecule has 25 heavy (non-hydrogen) atoms.